The molecule has 22 heavy (non-hydrogen) atoms. The smallest absolute Gasteiger partial charge is 0.271 e. The number of pyridine rings is 1. The lowest BCUT2D eigenvalue weighted by Gasteiger charge is -2.03. The van der Waals surface area contributed by atoms with Crippen LogP contribution in [0.5, 0.6) is 0 Å². The summed E-state index contributed by atoms with van der Waals surface area (Å²) in [7, 11) is 0. The van der Waals surface area contributed by atoms with Crippen LogP contribution in [0.3, 0.4) is 0 Å². The lowest BCUT2D eigenvalue weighted by Crippen LogP contribution is -2.23. The Morgan fingerprint density at radius 1 is 1.23 bits per heavy atom. The molecule has 1 aromatic carbocycles. The molecule has 2 aromatic heterocycles. The van der Waals surface area contributed by atoms with Gasteiger partial charge in [-0.2, -0.15) is 0 Å². The third-order valence-electron chi connectivity index (χ3n) is 3.32. The number of benzene rings is 1. The molecule has 0 radical (unpaired) electrons. The Labute approximate surface area is 128 Å². The van der Waals surface area contributed by atoms with Crippen molar-refractivity contribution < 1.29 is 4.79 Å². The van der Waals surface area contributed by atoms with Gasteiger partial charge in [0.2, 0.25) is 0 Å². The van der Waals surface area contributed by atoms with E-state index in [0.717, 1.165) is 11.3 Å². The Morgan fingerprint density at radius 2 is 2.05 bits per heavy atom. The highest BCUT2D eigenvalue weighted by Gasteiger charge is 2.09. The average molecular weight is 292 g/mol. The van der Waals surface area contributed by atoms with Crippen LogP contribution in [-0.2, 0) is 6.54 Å². The van der Waals surface area contributed by atoms with E-state index >= 15 is 0 Å². The maximum Gasteiger partial charge on any atom is 0.271 e. The number of carbonyl (C=O) groups excluding carboxylic acids is 1. The number of amides is 1. The fourth-order valence-corrected chi connectivity index (χ4v) is 2.07. The first-order valence-corrected chi connectivity index (χ1v) is 7.00. The molecule has 0 unspecified atom stereocenters. The number of rotatable bonds is 4. The largest absolute Gasteiger partial charge is 0.347 e. The first-order valence-electron chi connectivity index (χ1n) is 7.00. The predicted octanol–water partition coefficient (Wildman–Crippen LogP) is 2.51. The highest BCUT2D eigenvalue weighted by molar-refractivity contribution is 5.92. The summed E-state index contributed by atoms with van der Waals surface area (Å²) in [6, 6.07) is 11.8. The second kappa shape index (κ2) is 6.22. The Hall–Kier alpha value is -2.95. The predicted molar refractivity (Wildman–Crippen MR) is 83.7 cm³/mol. The topological polar surface area (TPSA) is 59.8 Å². The zero-order valence-electron chi connectivity index (χ0n) is 12.2. The molecule has 1 N–H and O–H groups in total. The van der Waals surface area contributed by atoms with Crippen LogP contribution in [0, 0.1) is 6.92 Å². The average Bonchev–Trinajstić information content (AvgIpc) is 3.04. The fraction of sp³-hybridized carbons (Fsp3) is 0.118. The number of aryl methyl sites for hydroxylation is 1. The molecule has 0 fully saturated rings. The van der Waals surface area contributed by atoms with E-state index in [9.17, 15) is 4.79 Å². The molecular weight excluding hydrogens is 276 g/mol. The minimum Gasteiger partial charge on any atom is -0.347 e. The van der Waals surface area contributed by atoms with Crippen molar-refractivity contribution in [2.24, 2.45) is 0 Å². The highest BCUT2D eigenvalue weighted by atomic mass is 16.1. The Balaban J connectivity index is 1.68. The van der Waals surface area contributed by atoms with Gasteiger partial charge in [0, 0.05) is 30.8 Å². The van der Waals surface area contributed by atoms with Gasteiger partial charge in [-0.25, -0.2) is 4.98 Å². The van der Waals surface area contributed by atoms with Gasteiger partial charge in [0.05, 0.1) is 0 Å². The summed E-state index contributed by atoms with van der Waals surface area (Å²) in [5.74, 6) is -0.199. The van der Waals surface area contributed by atoms with E-state index in [1.165, 1.54) is 5.56 Å². The maximum atomic E-state index is 12.1. The zero-order valence-corrected chi connectivity index (χ0v) is 12.2. The van der Waals surface area contributed by atoms with Crippen LogP contribution < -0.4 is 5.32 Å². The van der Waals surface area contributed by atoms with Gasteiger partial charge in [-0.05, 0) is 30.7 Å². The van der Waals surface area contributed by atoms with E-state index in [-0.39, 0.29) is 5.91 Å². The molecule has 0 aliphatic heterocycles. The van der Waals surface area contributed by atoms with E-state index < -0.39 is 0 Å². The standard InChI is InChI=1S/C17H16N4O/c1-13-4-6-15(7-5-13)21-11-16(20-12-21)17(22)19-10-14-3-2-8-18-9-14/h2-9,11-12H,10H2,1H3,(H,19,22). The van der Waals surface area contributed by atoms with E-state index in [1.54, 1.807) is 24.9 Å². The molecule has 0 saturated carbocycles. The van der Waals surface area contributed by atoms with Crippen molar-refractivity contribution in [3.8, 4) is 5.69 Å². The molecule has 0 saturated heterocycles. The molecule has 1 amide bonds. The number of hydrogen-bond acceptors (Lipinski definition) is 3. The summed E-state index contributed by atoms with van der Waals surface area (Å²) in [4.78, 5) is 20.3. The third-order valence-corrected chi connectivity index (χ3v) is 3.32. The summed E-state index contributed by atoms with van der Waals surface area (Å²) in [5, 5.41) is 2.83. The minimum absolute atomic E-state index is 0.199. The second-order valence-corrected chi connectivity index (χ2v) is 5.05. The number of imidazole rings is 1. The molecule has 5 nitrogen and oxygen atoms in total. The summed E-state index contributed by atoms with van der Waals surface area (Å²) in [5.41, 5.74) is 3.51. The van der Waals surface area contributed by atoms with Crippen molar-refractivity contribution in [3.05, 3.63) is 78.1 Å². The van der Waals surface area contributed by atoms with E-state index in [0.29, 0.717) is 12.2 Å². The lowest BCUT2D eigenvalue weighted by molar-refractivity contribution is 0.0946. The normalized spacial score (nSPS) is 10.4. The van der Waals surface area contributed by atoms with Crippen molar-refractivity contribution >= 4 is 5.91 Å². The number of carbonyl (C=O) groups is 1. The lowest BCUT2D eigenvalue weighted by atomic mass is 10.2. The van der Waals surface area contributed by atoms with Crippen molar-refractivity contribution in [3.63, 3.8) is 0 Å². The van der Waals surface area contributed by atoms with Gasteiger partial charge in [-0.15, -0.1) is 0 Å². The van der Waals surface area contributed by atoms with Crippen LogP contribution in [-0.4, -0.2) is 20.4 Å². The number of aromatic nitrogens is 3. The van der Waals surface area contributed by atoms with Crippen LogP contribution in [0.2, 0.25) is 0 Å². The minimum atomic E-state index is -0.199. The molecule has 3 rings (SSSR count). The van der Waals surface area contributed by atoms with Gasteiger partial charge >= 0.3 is 0 Å². The maximum absolute atomic E-state index is 12.1. The summed E-state index contributed by atoms with van der Waals surface area (Å²) >= 11 is 0. The summed E-state index contributed by atoms with van der Waals surface area (Å²) in [6.07, 6.45) is 6.80. The van der Waals surface area contributed by atoms with Crippen molar-refractivity contribution in [2.45, 2.75) is 13.5 Å². The Morgan fingerprint density at radius 3 is 2.77 bits per heavy atom. The quantitative estimate of drug-likeness (QED) is 0.803. The van der Waals surface area contributed by atoms with Crippen LogP contribution in [0.1, 0.15) is 21.6 Å². The zero-order chi connectivity index (χ0) is 15.4. The van der Waals surface area contributed by atoms with Gasteiger partial charge in [0.1, 0.15) is 12.0 Å². The van der Waals surface area contributed by atoms with Gasteiger partial charge in [0.25, 0.3) is 5.91 Å². The molecule has 2 heterocycles. The van der Waals surface area contributed by atoms with Gasteiger partial charge in [-0.3, -0.25) is 9.78 Å². The van der Waals surface area contributed by atoms with Crippen LogP contribution in [0.15, 0.2) is 61.3 Å². The Kier molecular flexibility index (Phi) is 3.96. The summed E-state index contributed by atoms with van der Waals surface area (Å²) < 4.78 is 1.83. The first kappa shape index (κ1) is 14.0. The molecule has 0 aliphatic rings. The number of nitrogens with zero attached hydrogens (tertiary/aromatic N) is 3. The van der Waals surface area contributed by atoms with Gasteiger partial charge < -0.3 is 9.88 Å². The molecule has 0 aliphatic carbocycles. The molecule has 0 atom stereocenters. The van der Waals surface area contributed by atoms with Crippen LogP contribution >= 0.6 is 0 Å². The van der Waals surface area contributed by atoms with E-state index in [1.807, 2.05) is 47.9 Å². The molecule has 110 valence electrons. The van der Waals surface area contributed by atoms with Gasteiger partial charge in [-0.1, -0.05) is 23.8 Å². The van der Waals surface area contributed by atoms with Crippen molar-refractivity contribution in [2.75, 3.05) is 0 Å². The number of nitrogens with one attached hydrogen (secondary N) is 1. The fourth-order valence-electron chi connectivity index (χ4n) is 2.07. The van der Waals surface area contributed by atoms with Crippen molar-refractivity contribution in [1.82, 2.24) is 19.9 Å². The Bertz CT molecular complexity index is 763. The van der Waals surface area contributed by atoms with Crippen LogP contribution in [0.25, 0.3) is 5.69 Å². The molecular formula is C17H16N4O. The van der Waals surface area contributed by atoms with Crippen molar-refractivity contribution in [1.29, 1.82) is 0 Å². The second-order valence-electron chi connectivity index (χ2n) is 5.05. The summed E-state index contributed by atoms with van der Waals surface area (Å²) in [6.45, 7) is 2.47. The monoisotopic (exact) mass is 292 g/mol. The molecule has 0 bridgehead atoms. The molecule has 5 heteroatoms. The first-order chi connectivity index (χ1) is 10.7. The van der Waals surface area contributed by atoms with Gasteiger partial charge in [0.15, 0.2) is 0 Å². The SMILES string of the molecule is Cc1ccc(-n2cnc(C(=O)NCc3cccnc3)c2)cc1. The molecule has 3 aromatic rings. The van der Waals surface area contributed by atoms with E-state index in [4.69, 9.17) is 0 Å². The highest BCUT2D eigenvalue weighted by Crippen LogP contribution is 2.10. The van der Waals surface area contributed by atoms with Crippen LogP contribution in [0.4, 0.5) is 0 Å². The third kappa shape index (κ3) is 3.20. The molecule has 0 spiro atoms. The van der Waals surface area contributed by atoms with E-state index in [2.05, 4.69) is 15.3 Å². The number of hydrogen-bond donors (Lipinski definition) is 1.